The van der Waals surface area contributed by atoms with Crippen LogP contribution in [-0.2, 0) is 20.9 Å². The second-order valence-corrected chi connectivity index (χ2v) is 8.73. The van der Waals surface area contributed by atoms with Gasteiger partial charge in [0.15, 0.2) is 0 Å². The first-order valence-electron chi connectivity index (χ1n) is 11.7. The Labute approximate surface area is 209 Å². The molecule has 7 nitrogen and oxygen atoms in total. The largest absolute Gasteiger partial charge is 0.497 e. The Morgan fingerprint density at radius 1 is 0.944 bits per heavy atom. The van der Waals surface area contributed by atoms with Gasteiger partial charge in [-0.1, -0.05) is 42.5 Å². The maximum absolute atomic E-state index is 13.4. The number of amides is 3. The third-order valence-electron chi connectivity index (χ3n) is 6.09. The lowest BCUT2D eigenvalue weighted by molar-refractivity contribution is -0.138. The zero-order chi connectivity index (χ0) is 25.5. The molecule has 1 aliphatic rings. The lowest BCUT2D eigenvalue weighted by Crippen LogP contribution is -2.43. The van der Waals surface area contributed by atoms with Crippen LogP contribution < -0.4 is 15.4 Å². The summed E-state index contributed by atoms with van der Waals surface area (Å²) in [5.41, 5.74) is 2.38. The van der Waals surface area contributed by atoms with E-state index in [4.69, 9.17) is 4.74 Å². The smallest absolute Gasteiger partial charge is 0.243 e. The highest BCUT2D eigenvalue weighted by atomic mass is 19.1. The predicted octanol–water partition coefficient (Wildman–Crippen LogP) is 3.72. The van der Waals surface area contributed by atoms with Gasteiger partial charge >= 0.3 is 0 Å². The normalized spacial score (nSPS) is 16.1. The predicted molar refractivity (Wildman–Crippen MR) is 134 cm³/mol. The molecule has 4 rings (SSSR count). The van der Waals surface area contributed by atoms with E-state index in [1.54, 1.807) is 43.5 Å². The molecule has 2 atom stereocenters. The quantitative estimate of drug-likeness (QED) is 0.454. The highest BCUT2D eigenvalue weighted by Gasteiger charge is 2.45. The summed E-state index contributed by atoms with van der Waals surface area (Å²) in [6.45, 7) is -0.272. The van der Waals surface area contributed by atoms with E-state index in [9.17, 15) is 18.8 Å². The van der Waals surface area contributed by atoms with Crippen LogP contribution in [0.5, 0.6) is 5.75 Å². The van der Waals surface area contributed by atoms with E-state index in [0.717, 1.165) is 5.56 Å². The summed E-state index contributed by atoms with van der Waals surface area (Å²) in [6.07, 6.45) is 0.717. The topological polar surface area (TPSA) is 87.7 Å². The third kappa shape index (κ3) is 6.69. The Balaban J connectivity index is 1.35. The summed E-state index contributed by atoms with van der Waals surface area (Å²) in [7, 11) is 1.55. The molecule has 3 aromatic rings. The standard InChI is InChI=1S/C28H28FN3O4/c1-36-23-13-11-22(12-14-23)31-26(33)16-30-27(34)18-32(17-19-7-9-21(29)10-8-19)28(35)25-15-24(25)20-5-3-2-4-6-20/h2-14,24-25H,15-18H2,1H3,(H,30,34)(H,31,33). The minimum absolute atomic E-state index is 0.118. The monoisotopic (exact) mass is 489 g/mol. The van der Waals surface area contributed by atoms with Crippen molar-refractivity contribution >= 4 is 23.4 Å². The molecule has 1 fully saturated rings. The number of benzene rings is 3. The number of halogens is 1. The number of nitrogens with one attached hydrogen (secondary N) is 2. The summed E-state index contributed by atoms with van der Waals surface area (Å²) >= 11 is 0. The fourth-order valence-corrected chi connectivity index (χ4v) is 4.08. The van der Waals surface area contributed by atoms with Crippen LogP contribution in [0.25, 0.3) is 0 Å². The molecule has 2 unspecified atom stereocenters. The number of rotatable bonds is 10. The molecule has 3 amide bonds. The fraction of sp³-hybridized carbons (Fsp3) is 0.250. The van der Waals surface area contributed by atoms with Crippen LogP contribution in [-0.4, -0.2) is 42.8 Å². The first-order chi connectivity index (χ1) is 17.4. The van der Waals surface area contributed by atoms with Gasteiger partial charge in [0.1, 0.15) is 11.6 Å². The summed E-state index contributed by atoms with van der Waals surface area (Å²) in [5, 5.41) is 5.27. The number of hydrogen-bond acceptors (Lipinski definition) is 4. The van der Waals surface area contributed by atoms with Crippen molar-refractivity contribution in [1.29, 1.82) is 0 Å². The molecule has 0 radical (unpaired) electrons. The lowest BCUT2D eigenvalue weighted by Gasteiger charge is -2.23. The maximum Gasteiger partial charge on any atom is 0.243 e. The Morgan fingerprint density at radius 2 is 1.64 bits per heavy atom. The van der Waals surface area contributed by atoms with E-state index in [1.807, 2.05) is 30.3 Å². The number of carbonyl (C=O) groups is 3. The molecule has 0 spiro atoms. The summed E-state index contributed by atoms with van der Waals surface area (Å²) in [5.74, 6) is -0.776. The van der Waals surface area contributed by atoms with E-state index in [0.29, 0.717) is 23.4 Å². The summed E-state index contributed by atoms with van der Waals surface area (Å²) in [6, 6.07) is 22.5. The molecule has 36 heavy (non-hydrogen) atoms. The zero-order valence-corrected chi connectivity index (χ0v) is 19.9. The van der Waals surface area contributed by atoms with Crippen molar-refractivity contribution in [3.05, 3.63) is 95.8 Å². The van der Waals surface area contributed by atoms with Crippen molar-refractivity contribution in [1.82, 2.24) is 10.2 Å². The van der Waals surface area contributed by atoms with Gasteiger partial charge in [0.2, 0.25) is 17.7 Å². The Hall–Kier alpha value is -4.20. The van der Waals surface area contributed by atoms with Gasteiger partial charge in [0.05, 0.1) is 20.2 Å². The molecule has 0 heterocycles. The van der Waals surface area contributed by atoms with Gasteiger partial charge in [0, 0.05) is 18.2 Å². The molecule has 0 bridgehead atoms. The number of anilines is 1. The van der Waals surface area contributed by atoms with Gasteiger partial charge in [-0.25, -0.2) is 4.39 Å². The maximum atomic E-state index is 13.4. The summed E-state index contributed by atoms with van der Waals surface area (Å²) < 4.78 is 18.4. The molecule has 0 aromatic heterocycles. The first kappa shape index (κ1) is 24.9. The molecule has 1 saturated carbocycles. The van der Waals surface area contributed by atoms with Crippen LogP contribution in [0.4, 0.5) is 10.1 Å². The van der Waals surface area contributed by atoms with E-state index < -0.39 is 11.8 Å². The molecular formula is C28H28FN3O4. The summed E-state index contributed by atoms with van der Waals surface area (Å²) in [4.78, 5) is 39.7. The van der Waals surface area contributed by atoms with E-state index >= 15 is 0 Å². The van der Waals surface area contributed by atoms with E-state index in [2.05, 4.69) is 10.6 Å². The SMILES string of the molecule is COc1ccc(NC(=O)CNC(=O)CN(Cc2ccc(F)cc2)C(=O)C2CC2c2ccccc2)cc1. The van der Waals surface area contributed by atoms with Crippen LogP contribution in [0.3, 0.4) is 0 Å². The average molecular weight is 490 g/mol. The Morgan fingerprint density at radius 3 is 2.31 bits per heavy atom. The van der Waals surface area contributed by atoms with Gasteiger partial charge in [-0.15, -0.1) is 0 Å². The van der Waals surface area contributed by atoms with Crippen LogP contribution >= 0.6 is 0 Å². The van der Waals surface area contributed by atoms with Gasteiger partial charge < -0.3 is 20.3 Å². The van der Waals surface area contributed by atoms with E-state index in [1.165, 1.54) is 17.0 Å². The molecular weight excluding hydrogens is 461 g/mol. The van der Waals surface area contributed by atoms with Crippen molar-refractivity contribution < 1.29 is 23.5 Å². The number of nitrogens with zero attached hydrogens (tertiary/aromatic N) is 1. The second-order valence-electron chi connectivity index (χ2n) is 8.73. The van der Waals surface area contributed by atoms with Crippen molar-refractivity contribution in [3.63, 3.8) is 0 Å². The van der Waals surface area contributed by atoms with Crippen molar-refractivity contribution in [3.8, 4) is 5.75 Å². The zero-order valence-electron chi connectivity index (χ0n) is 19.9. The number of ether oxygens (including phenoxy) is 1. The number of methoxy groups -OCH3 is 1. The fourth-order valence-electron chi connectivity index (χ4n) is 4.08. The highest BCUT2D eigenvalue weighted by Crippen LogP contribution is 2.48. The Kier molecular flexibility index (Phi) is 7.95. The van der Waals surface area contributed by atoms with Gasteiger partial charge in [-0.3, -0.25) is 14.4 Å². The van der Waals surface area contributed by atoms with Gasteiger partial charge in [-0.2, -0.15) is 0 Å². The molecule has 186 valence electrons. The molecule has 0 saturated heterocycles. The van der Waals surface area contributed by atoms with E-state index in [-0.39, 0.29) is 43.2 Å². The van der Waals surface area contributed by atoms with Gasteiger partial charge in [-0.05, 0) is 59.9 Å². The first-order valence-corrected chi connectivity index (χ1v) is 11.7. The Bertz CT molecular complexity index is 1200. The van der Waals surface area contributed by atoms with Crippen molar-refractivity contribution in [2.75, 3.05) is 25.5 Å². The van der Waals surface area contributed by atoms with Crippen LogP contribution in [0.1, 0.15) is 23.5 Å². The van der Waals surface area contributed by atoms with Crippen LogP contribution in [0.15, 0.2) is 78.9 Å². The molecule has 1 aliphatic carbocycles. The minimum Gasteiger partial charge on any atom is -0.497 e. The number of hydrogen-bond donors (Lipinski definition) is 2. The van der Waals surface area contributed by atoms with Gasteiger partial charge in [0.25, 0.3) is 0 Å². The molecule has 8 heteroatoms. The molecule has 2 N–H and O–H groups in total. The van der Waals surface area contributed by atoms with Crippen LogP contribution in [0.2, 0.25) is 0 Å². The van der Waals surface area contributed by atoms with Crippen LogP contribution in [0, 0.1) is 11.7 Å². The van der Waals surface area contributed by atoms with Crippen molar-refractivity contribution in [2.24, 2.45) is 5.92 Å². The minimum atomic E-state index is -0.452. The molecule has 3 aromatic carbocycles. The third-order valence-corrected chi connectivity index (χ3v) is 6.09. The second kappa shape index (κ2) is 11.5. The average Bonchev–Trinajstić information content (AvgIpc) is 3.70. The van der Waals surface area contributed by atoms with Crippen molar-refractivity contribution in [2.45, 2.75) is 18.9 Å². The molecule has 0 aliphatic heterocycles. The lowest BCUT2D eigenvalue weighted by atomic mass is 10.1. The number of carbonyl (C=O) groups excluding carboxylic acids is 3. The highest BCUT2D eigenvalue weighted by molar-refractivity contribution is 5.95.